The Morgan fingerprint density at radius 2 is 2.00 bits per heavy atom. The second kappa shape index (κ2) is 5.73. The lowest BCUT2D eigenvalue weighted by atomic mass is 10.1. The van der Waals surface area contributed by atoms with E-state index in [2.05, 4.69) is 10.2 Å². The molecule has 2 saturated heterocycles. The highest BCUT2D eigenvalue weighted by Crippen LogP contribution is 2.22. The van der Waals surface area contributed by atoms with Gasteiger partial charge in [0.2, 0.25) is 0 Å². The van der Waals surface area contributed by atoms with Gasteiger partial charge in [-0.05, 0) is 31.5 Å². The predicted octanol–water partition coefficient (Wildman–Crippen LogP) is 1.70. The number of piperazine rings is 1. The van der Waals surface area contributed by atoms with Gasteiger partial charge in [-0.3, -0.25) is 4.90 Å². The van der Waals surface area contributed by atoms with Crippen molar-refractivity contribution in [1.82, 2.24) is 9.80 Å². The average molecular weight is 289 g/mol. The number of carbonyl (C=O) groups excluding carboxylic acids is 1. The summed E-state index contributed by atoms with van der Waals surface area (Å²) in [6.45, 7) is 3.44. The van der Waals surface area contributed by atoms with Crippen molar-refractivity contribution in [3.63, 3.8) is 0 Å². The average Bonchev–Trinajstić information content (AvgIpc) is 2.94. The first-order valence-corrected chi connectivity index (χ1v) is 7.27. The highest BCUT2D eigenvalue weighted by Gasteiger charge is 2.32. The van der Waals surface area contributed by atoms with Gasteiger partial charge in [0.1, 0.15) is 0 Å². The number of carboxylic acid groups (broad SMARTS) is 1. The van der Waals surface area contributed by atoms with Gasteiger partial charge in [0.25, 0.3) is 0 Å². The normalized spacial score (nSPS) is 21.9. The molecule has 1 aromatic rings. The molecule has 0 aliphatic carbocycles. The van der Waals surface area contributed by atoms with E-state index in [4.69, 9.17) is 5.11 Å². The molecule has 2 aliphatic rings. The molecule has 3 rings (SSSR count). The van der Waals surface area contributed by atoms with Gasteiger partial charge in [0, 0.05) is 25.7 Å². The number of nitrogens with zero attached hydrogens (tertiary/aromatic N) is 2. The number of rotatable bonds is 2. The van der Waals surface area contributed by atoms with Gasteiger partial charge in [-0.25, -0.2) is 9.59 Å². The molecule has 0 aromatic heterocycles. The second-order valence-corrected chi connectivity index (χ2v) is 5.56. The molecular formula is C15H19N3O3. The van der Waals surface area contributed by atoms with Gasteiger partial charge in [-0.15, -0.1) is 0 Å². The van der Waals surface area contributed by atoms with Crippen LogP contribution in [0.15, 0.2) is 24.3 Å². The molecule has 2 heterocycles. The number of urea groups is 1. The Morgan fingerprint density at radius 3 is 2.81 bits per heavy atom. The molecule has 6 heteroatoms. The number of aromatic carboxylic acids is 1. The zero-order valence-corrected chi connectivity index (χ0v) is 11.8. The summed E-state index contributed by atoms with van der Waals surface area (Å²) < 4.78 is 0. The molecule has 0 radical (unpaired) electrons. The van der Waals surface area contributed by atoms with E-state index in [1.165, 1.54) is 12.5 Å². The number of hydrogen-bond donors (Lipinski definition) is 2. The fourth-order valence-electron chi connectivity index (χ4n) is 3.15. The predicted molar refractivity (Wildman–Crippen MR) is 78.6 cm³/mol. The molecule has 0 saturated carbocycles. The van der Waals surface area contributed by atoms with Crippen molar-refractivity contribution in [2.45, 2.75) is 18.9 Å². The zero-order valence-electron chi connectivity index (χ0n) is 11.8. The molecule has 0 spiro atoms. The quantitative estimate of drug-likeness (QED) is 0.869. The van der Waals surface area contributed by atoms with Gasteiger partial charge < -0.3 is 15.3 Å². The second-order valence-electron chi connectivity index (χ2n) is 5.56. The minimum Gasteiger partial charge on any atom is -0.478 e. The van der Waals surface area contributed by atoms with Crippen LogP contribution in [0.3, 0.4) is 0 Å². The van der Waals surface area contributed by atoms with Crippen LogP contribution in [-0.2, 0) is 0 Å². The number of carboxylic acids is 1. The lowest BCUT2D eigenvalue weighted by Crippen LogP contribution is -2.53. The highest BCUT2D eigenvalue weighted by molar-refractivity contribution is 6.00. The molecule has 6 nitrogen and oxygen atoms in total. The van der Waals surface area contributed by atoms with Crippen LogP contribution in [0.2, 0.25) is 0 Å². The minimum absolute atomic E-state index is 0.116. The van der Waals surface area contributed by atoms with E-state index in [9.17, 15) is 9.59 Å². The number of para-hydroxylation sites is 1. The van der Waals surface area contributed by atoms with E-state index in [1.807, 2.05) is 0 Å². The standard InChI is InChI=1S/C15H19N3O3/c19-14(20)12-5-1-2-6-13(12)16-15(21)18-9-8-17-7-3-4-11(17)10-18/h1-2,5-6,11H,3-4,7-10H2,(H,16,21)(H,19,20). The monoisotopic (exact) mass is 289 g/mol. The largest absolute Gasteiger partial charge is 0.478 e. The van der Waals surface area contributed by atoms with Crippen molar-refractivity contribution in [2.75, 3.05) is 31.5 Å². The first-order valence-electron chi connectivity index (χ1n) is 7.27. The molecule has 112 valence electrons. The van der Waals surface area contributed by atoms with E-state index < -0.39 is 5.97 Å². The Labute approximate surface area is 123 Å². The summed E-state index contributed by atoms with van der Waals surface area (Å²) in [7, 11) is 0. The maximum absolute atomic E-state index is 12.3. The summed E-state index contributed by atoms with van der Waals surface area (Å²) in [5.41, 5.74) is 0.467. The van der Waals surface area contributed by atoms with Crippen LogP contribution in [0.4, 0.5) is 10.5 Å². The number of carbonyl (C=O) groups is 2. The lowest BCUT2D eigenvalue weighted by Gasteiger charge is -2.37. The Balaban J connectivity index is 1.68. The molecular weight excluding hydrogens is 270 g/mol. The highest BCUT2D eigenvalue weighted by atomic mass is 16.4. The van der Waals surface area contributed by atoms with Gasteiger partial charge in [-0.1, -0.05) is 12.1 Å². The van der Waals surface area contributed by atoms with E-state index in [0.717, 1.165) is 26.1 Å². The number of benzene rings is 1. The fourth-order valence-corrected chi connectivity index (χ4v) is 3.15. The van der Waals surface area contributed by atoms with Gasteiger partial charge in [0.05, 0.1) is 11.3 Å². The summed E-state index contributed by atoms with van der Waals surface area (Å²) in [5.74, 6) is -1.04. The molecule has 21 heavy (non-hydrogen) atoms. The van der Waals surface area contributed by atoms with Crippen LogP contribution >= 0.6 is 0 Å². The third-order valence-electron chi connectivity index (χ3n) is 4.27. The molecule has 1 unspecified atom stereocenters. The van der Waals surface area contributed by atoms with Crippen molar-refractivity contribution in [1.29, 1.82) is 0 Å². The Kier molecular flexibility index (Phi) is 3.79. The topological polar surface area (TPSA) is 72.9 Å². The van der Waals surface area contributed by atoms with Crippen LogP contribution in [0.5, 0.6) is 0 Å². The first kappa shape index (κ1) is 13.9. The van der Waals surface area contributed by atoms with E-state index in [0.29, 0.717) is 18.3 Å². The van der Waals surface area contributed by atoms with Crippen molar-refractivity contribution in [2.24, 2.45) is 0 Å². The number of anilines is 1. The lowest BCUT2D eigenvalue weighted by molar-refractivity contribution is 0.0698. The molecule has 0 bridgehead atoms. The SMILES string of the molecule is O=C(O)c1ccccc1NC(=O)N1CCN2CCCC2C1. The fraction of sp³-hybridized carbons (Fsp3) is 0.467. The summed E-state index contributed by atoms with van der Waals surface area (Å²) in [4.78, 5) is 27.7. The first-order chi connectivity index (χ1) is 10.1. The minimum atomic E-state index is -1.04. The van der Waals surface area contributed by atoms with E-state index >= 15 is 0 Å². The smallest absolute Gasteiger partial charge is 0.337 e. The van der Waals surface area contributed by atoms with Crippen LogP contribution < -0.4 is 5.32 Å². The van der Waals surface area contributed by atoms with Crippen LogP contribution in [0.25, 0.3) is 0 Å². The molecule has 2 amide bonds. The number of amides is 2. The van der Waals surface area contributed by atoms with Crippen molar-refractivity contribution in [3.8, 4) is 0 Å². The van der Waals surface area contributed by atoms with Crippen LogP contribution in [0, 0.1) is 0 Å². The maximum atomic E-state index is 12.3. The molecule has 1 aromatic carbocycles. The maximum Gasteiger partial charge on any atom is 0.337 e. The molecule has 2 N–H and O–H groups in total. The van der Waals surface area contributed by atoms with Crippen LogP contribution in [0.1, 0.15) is 23.2 Å². The van der Waals surface area contributed by atoms with E-state index in [1.54, 1.807) is 23.1 Å². The number of nitrogens with one attached hydrogen (secondary N) is 1. The van der Waals surface area contributed by atoms with Crippen molar-refractivity contribution < 1.29 is 14.7 Å². The Hall–Kier alpha value is -2.08. The number of fused-ring (bicyclic) bond motifs is 1. The summed E-state index contributed by atoms with van der Waals surface area (Å²) in [6.07, 6.45) is 2.33. The Bertz CT molecular complexity index is 561. The van der Waals surface area contributed by atoms with Gasteiger partial charge >= 0.3 is 12.0 Å². The summed E-state index contributed by atoms with van der Waals surface area (Å²) >= 11 is 0. The summed E-state index contributed by atoms with van der Waals surface area (Å²) in [5, 5.41) is 11.9. The molecule has 1 atom stereocenters. The number of hydrogen-bond acceptors (Lipinski definition) is 3. The zero-order chi connectivity index (χ0) is 14.8. The Morgan fingerprint density at radius 1 is 1.19 bits per heavy atom. The van der Waals surface area contributed by atoms with Crippen molar-refractivity contribution in [3.05, 3.63) is 29.8 Å². The van der Waals surface area contributed by atoms with E-state index in [-0.39, 0.29) is 11.6 Å². The van der Waals surface area contributed by atoms with Gasteiger partial charge in [0.15, 0.2) is 0 Å². The van der Waals surface area contributed by atoms with Gasteiger partial charge in [-0.2, -0.15) is 0 Å². The molecule has 2 aliphatic heterocycles. The third-order valence-corrected chi connectivity index (χ3v) is 4.27. The van der Waals surface area contributed by atoms with Crippen molar-refractivity contribution >= 4 is 17.7 Å². The van der Waals surface area contributed by atoms with Crippen LogP contribution in [-0.4, -0.2) is 59.1 Å². The molecule has 2 fully saturated rings. The third kappa shape index (κ3) is 2.85. The summed E-state index contributed by atoms with van der Waals surface area (Å²) in [6, 6.07) is 6.72.